The number of nitrogens with one attached hydrogen (secondary N) is 1. The number of carbonyl (C=O) groups excluding carboxylic acids is 2. The van der Waals surface area contributed by atoms with Crippen molar-refractivity contribution in [2.45, 2.75) is 52.0 Å². The minimum absolute atomic E-state index is 0.146. The van der Waals surface area contributed by atoms with Crippen LogP contribution in [-0.4, -0.2) is 42.8 Å². The fourth-order valence-corrected chi connectivity index (χ4v) is 2.75. The first-order valence-corrected chi connectivity index (χ1v) is 10.4. The fraction of sp³-hybridized carbons (Fsp3) is 0.417. The highest BCUT2D eigenvalue weighted by atomic mass is 19.2. The molecule has 2 atom stereocenters. The van der Waals surface area contributed by atoms with Gasteiger partial charge in [-0.25, -0.2) is 18.0 Å². The summed E-state index contributed by atoms with van der Waals surface area (Å²) < 4.78 is 56.3. The molecule has 0 aliphatic carbocycles. The maximum absolute atomic E-state index is 13.4. The van der Waals surface area contributed by atoms with Crippen molar-refractivity contribution in [2.24, 2.45) is 0 Å². The minimum atomic E-state index is -1.65. The zero-order chi connectivity index (χ0) is 24.6. The van der Waals surface area contributed by atoms with Crippen LogP contribution in [0.2, 0.25) is 0 Å². The van der Waals surface area contributed by atoms with Gasteiger partial charge in [0, 0.05) is 5.56 Å². The van der Waals surface area contributed by atoms with Crippen LogP contribution in [0.25, 0.3) is 0 Å². The van der Waals surface area contributed by atoms with Gasteiger partial charge in [-0.1, -0.05) is 30.3 Å². The van der Waals surface area contributed by atoms with Gasteiger partial charge in [0.15, 0.2) is 23.2 Å². The molecule has 2 rings (SSSR count). The first-order valence-electron chi connectivity index (χ1n) is 10.4. The van der Waals surface area contributed by atoms with Crippen LogP contribution in [-0.2, 0) is 20.8 Å². The van der Waals surface area contributed by atoms with Gasteiger partial charge in [0.1, 0.15) is 12.2 Å². The van der Waals surface area contributed by atoms with Crippen LogP contribution in [0.3, 0.4) is 0 Å². The van der Waals surface area contributed by atoms with Crippen molar-refractivity contribution in [3.63, 3.8) is 0 Å². The van der Waals surface area contributed by atoms with Crippen LogP contribution in [0.15, 0.2) is 42.5 Å². The van der Waals surface area contributed by atoms with E-state index in [-0.39, 0.29) is 18.8 Å². The summed E-state index contributed by atoms with van der Waals surface area (Å²) >= 11 is 0. The van der Waals surface area contributed by atoms with Gasteiger partial charge >= 0.3 is 6.09 Å². The van der Waals surface area contributed by atoms with E-state index in [0.717, 1.165) is 5.56 Å². The number of carbonyl (C=O) groups is 2. The van der Waals surface area contributed by atoms with E-state index < -0.39 is 53.7 Å². The molecule has 0 spiro atoms. The second kappa shape index (κ2) is 11.8. The van der Waals surface area contributed by atoms with E-state index in [4.69, 9.17) is 14.2 Å². The first kappa shape index (κ1) is 26.3. The smallest absolute Gasteiger partial charge is 0.408 e. The second-order valence-corrected chi connectivity index (χ2v) is 8.45. The number of benzene rings is 2. The Balaban J connectivity index is 1.99. The van der Waals surface area contributed by atoms with Crippen molar-refractivity contribution in [3.8, 4) is 0 Å². The largest absolute Gasteiger partial charge is 0.444 e. The standard InChI is InChI=1S/C24H28F3NO5/c1-15(32-12-16-8-6-5-7-9-16)20(28-23(30)33-24(2,3)4)13-31-14-21(29)17-10-18(25)22(27)19(26)11-17/h5-11,15,20H,12-14H2,1-4H3,(H,28,30)/t15-,20-/m1/s1. The molecule has 0 unspecified atom stereocenters. The summed E-state index contributed by atoms with van der Waals surface area (Å²) in [6.07, 6.45) is -1.23. The third-order valence-electron chi connectivity index (χ3n) is 4.46. The van der Waals surface area contributed by atoms with Crippen LogP contribution < -0.4 is 5.32 Å². The van der Waals surface area contributed by atoms with Gasteiger partial charge in [0.25, 0.3) is 0 Å². The molecule has 33 heavy (non-hydrogen) atoms. The van der Waals surface area contributed by atoms with Gasteiger partial charge in [-0.15, -0.1) is 0 Å². The summed E-state index contributed by atoms with van der Waals surface area (Å²) in [4.78, 5) is 24.5. The molecule has 2 aromatic carbocycles. The molecule has 0 heterocycles. The highest BCUT2D eigenvalue weighted by Gasteiger charge is 2.25. The van der Waals surface area contributed by atoms with Gasteiger partial charge in [-0.3, -0.25) is 4.79 Å². The molecule has 0 aromatic heterocycles. The maximum Gasteiger partial charge on any atom is 0.408 e. The molecule has 180 valence electrons. The molecule has 0 fully saturated rings. The highest BCUT2D eigenvalue weighted by molar-refractivity contribution is 5.97. The van der Waals surface area contributed by atoms with Gasteiger partial charge < -0.3 is 19.5 Å². The number of hydrogen-bond donors (Lipinski definition) is 1. The average Bonchev–Trinajstić information content (AvgIpc) is 2.74. The van der Waals surface area contributed by atoms with Crippen molar-refractivity contribution < 1.29 is 37.0 Å². The second-order valence-electron chi connectivity index (χ2n) is 8.45. The quantitative estimate of drug-likeness (QED) is 0.401. The lowest BCUT2D eigenvalue weighted by molar-refractivity contribution is -0.00883. The first-order chi connectivity index (χ1) is 15.5. The molecule has 6 nitrogen and oxygen atoms in total. The summed E-state index contributed by atoms with van der Waals surface area (Å²) in [5, 5.41) is 2.66. The summed E-state index contributed by atoms with van der Waals surface area (Å²) in [6.45, 7) is 6.46. The molecule has 1 amide bonds. The molecular weight excluding hydrogens is 439 g/mol. The van der Waals surface area contributed by atoms with Crippen molar-refractivity contribution in [1.29, 1.82) is 0 Å². The van der Waals surface area contributed by atoms with Crippen molar-refractivity contribution in [1.82, 2.24) is 5.32 Å². The van der Waals surface area contributed by atoms with E-state index in [2.05, 4.69) is 5.32 Å². The Morgan fingerprint density at radius 1 is 1.03 bits per heavy atom. The maximum atomic E-state index is 13.4. The van der Waals surface area contributed by atoms with Gasteiger partial charge in [-0.2, -0.15) is 0 Å². The molecule has 9 heteroatoms. The van der Waals surface area contributed by atoms with Gasteiger partial charge in [0.2, 0.25) is 0 Å². The van der Waals surface area contributed by atoms with Crippen LogP contribution in [0.5, 0.6) is 0 Å². The Morgan fingerprint density at radius 2 is 1.64 bits per heavy atom. The SMILES string of the molecule is C[C@@H](OCc1ccccc1)[C@@H](COCC(=O)c1cc(F)c(F)c(F)c1)NC(=O)OC(C)(C)C. The number of alkyl carbamates (subject to hydrolysis) is 1. The van der Waals surface area contributed by atoms with Crippen LogP contribution in [0.4, 0.5) is 18.0 Å². The van der Waals surface area contributed by atoms with Gasteiger partial charge in [-0.05, 0) is 45.4 Å². The highest BCUT2D eigenvalue weighted by Crippen LogP contribution is 2.15. The number of halogens is 3. The average molecular weight is 467 g/mol. The summed E-state index contributed by atoms with van der Waals surface area (Å²) in [5.41, 5.74) is -0.163. The Labute approximate surface area is 191 Å². The molecule has 0 saturated carbocycles. The van der Waals surface area contributed by atoms with E-state index in [1.165, 1.54) is 0 Å². The Bertz CT molecular complexity index is 924. The summed E-state index contributed by atoms with van der Waals surface area (Å²) in [6, 6.07) is 9.91. The third kappa shape index (κ3) is 8.86. The molecular formula is C24H28F3NO5. The fourth-order valence-electron chi connectivity index (χ4n) is 2.75. The number of hydrogen-bond acceptors (Lipinski definition) is 5. The lowest BCUT2D eigenvalue weighted by Crippen LogP contribution is -2.48. The molecule has 2 aromatic rings. The van der Waals surface area contributed by atoms with Crippen molar-refractivity contribution in [3.05, 3.63) is 71.0 Å². The Hall–Kier alpha value is -2.91. The summed E-state index contributed by atoms with van der Waals surface area (Å²) in [5.74, 6) is -5.34. The normalized spacial score (nSPS) is 13.3. The topological polar surface area (TPSA) is 73.9 Å². The molecule has 0 saturated heterocycles. The Kier molecular flexibility index (Phi) is 9.43. The molecule has 0 radical (unpaired) electrons. The van der Waals surface area contributed by atoms with Crippen molar-refractivity contribution in [2.75, 3.05) is 13.2 Å². The Morgan fingerprint density at radius 3 is 2.21 bits per heavy atom. The zero-order valence-corrected chi connectivity index (χ0v) is 19.0. The lowest BCUT2D eigenvalue weighted by atomic mass is 10.1. The number of Topliss-reactive ketones (excluding diaryl/α,β-unsaturated/α-hetero) is 1. The van der Waals surface area contributed by atoms with E-state index in [1.54, 1.807) is 27.7 Å². The minimum Gasteiger partial charge on any atom is -0.444 e. The van der Waals surface area contributed by atoms with Crippen LogP contribution in [0, 0.1) is 17.5 Å². The summed E-state index contributed by atoms with van der Waals surface area (Å²) in [7, 11) is 0. The van der Waals surface area contributed by atoms with Crippen LogP contribution in [0.1, 0.15) is 43.6 Å². The van der Waals surface area contributed by atoms with E-state index >= 15 is 0 Å². The molecule has 0 aliphatic heterocycles. The van der Waals surface area contributed by atoms with Crippen molar-refractivity contribution >= 4 is 11.9 Å². The lowest BCUT2D eigenvalue weighted by Gasteiger charge is -2.27. The van der Waals surface area contributed by atoms with E-state index in [0.29, 0.717) is 12.1 Å². The number of amides is 1. The van der Waals surface area contributed by atoms with Gasteiger partial charge in [0.05, 0.1) is 25.4 Å². The van der Waals surface area contributed by atoms with E-state index in [9.17, 15) is 22.8 Å². The predicted molar refractivity (Wildman–Crippen MR) is 115 cm³/mol. The third-order valence-corrected chi connectivity index (χ3v) is 4.46. The van der Waals surface area contributed by atoms with E-state index in [1.807, 2.05) is 30.3 Å². The molecule has 0 bridgehead atoms. The predicted octanol–water partition coefficient (Wildman–Crippen LogP) is 4.80. The number of ketones is 1. The number of rotatable bonds is 10. The molecule has 0 aliphatic rings. The number of ether oxygens (including phenoxy) is 3. The monoisotopic (exact) mass is 467 g/mol. The van der Waals surface area contributed by atoms with Crippen LogP contribution >= 0.6 is 0 Å². The zero-order valence-electron chi connectivity index (χ0n) is 19.0. The molecule has 1 N–H and O–H groups in total.